The Kier molecular flexibility index (Phi) is 3.75. The van der Waals surface area contributed by atoms with Gasteiger partial charge in [0.1, 0.15) is 0 Å². The number of hydrogen-bond donors (Lipinski definition) is 1. The Morgan fingerprint density at radius 1 is 1.25 bits per heavy atom. The van der Waals surface area contributed by atoms with Crippen LogP contribution in [0.3, 0.4) is 0 Å². The van der Waals surface area contributed by atoms with Crippen LogP contribution in [0.5, 0.6) is 0 Å². The van der Waals surface area contributed by atoms with Gasteiger partial charge in [0.15, 0.2) is 0 Å². The fraction of sp³-hybridized carbons (Fsp3) is 0.222. The second kappa shape index (κ2) is 4.40. The Labute approximate surface area is 89.1 Å². The van der Waals surface area contributed by atoms with Gasteiger partial charge in [-0.1, -0.05) is 31.9 Å². The fourth-order valence-corrected chi connectivity index (χ4v) is 2.25. The van der Waals surface area contributed by atoms with E-state index in [1.807, 2.05) is 18.2 Å². The fourth-order valence-electron chi connectivity index (χ4n) is 0.916. The topological polar surface area (TPSA) is 20.2 Å². The number of hydrogen-bond acceptors (Lipinski definition) is 1. The molecule has 0 aliphatic carbocycles. The van der Waals surface area contributed by atoms with Gasteiger partial charge in [0.2, 0.25) is 0 Å². The molecule has 0 amide bonds. The normalized spacial score (nSPS) is 13.0. The Morgan fingerprint density at radius 3 is 2.17 bits per heavy atom. The van der Waals surface area contributed by atoms with Gasteiger partial charge in [0, 0.05) is 21.5 Å². The maximum atomic E-state index is 8.88. The van der Waals surface area contributed by atoms with E-state index in [0.717, 1.165) is 14.5 Å². The highest BCUT2D eigenvalue weighted by Gasteiger charge is 2.05. The molecule has 1 N–H and O–H groups in total. The lowest BCUT2D eigenvalue weighted by Crippen LogP contribution is -1.98. The molecule has 1 nitrogen and oxygen atoms in total. The molecule has 1 rings (SSSR count). The molecule has 0 aliphatic rings. The highest BCUT2D eigenvalue weighted by atomic mass is 79.9. The Hall–Kier alpha value is 0.140. The average Bonchev–Trinajstić information content (AvgIpc) is 2.01. The zero-order chi connectivity index (χ0) is 9.14. The first-order valence-corrected chi connectivity index (χ1v) is 5.12. The Balaban J connectivity index is 3.00. The first kappa shape index (κ1) is 10.2. The predicted octanol–water partition coefficient (Wildman–Crippen LogP) is 3.12. The van der Waals surface area contributed by atoms with Crippen molar-refractivity contribution in [3.8, 4) is 0 Å². The first-order chi connectivity index (χ1) is 5.63. The molecule has 0 heterocycles. The standard InChI is InChI=1S/C9H9Br2O/c1-6(5-12)7-2-8(10)4-9(11)3-7/h2-4,6,12H,1,5H2. The SMILES string of the molecule is [CH2]C(CO)c1cc(Br)cc(Br)c1. The van der Waals surface area contributed by atoms with Crippen molar-refractivity contribution in [1.29, 1.82) is 0 Å². The summed E-state index contributed by atoms with van der Waals surface area (Å²) in [5.41, 5.74) is 1.03. The van der Waals surface area contributed by atoms with Crippen LogP contribution in [0.2, 0.25) is 0 Å². The summed E-state index contributed by atoms with van der Waals surface area (Å²) in [5, 5.41) is 8.88. The highest BCUT2D eigenvalue weighted by Crippen LogP contribution is 2.24. The van der Waals surface area contributed by atoms with Crippen molar-refractivity contribution < 1.29 is 5.11 Å². The van der Waals surface area contributed by atoms with Crippen LogP contribution in [0.25, 0.3) is 0 Å². The van der Waals surface area contributed by atoms with Crippen molar-refractivity contribution in [2.45, 2.75) is 5.92 Å². The van der Waals surface area contributed by atoms with E-state index in [2.05, 4.69) is 38.8 Å². The van der Waals surface area contributed by atoms with Crippen LogP contribution in [0.4, 0.5) is 0 Å². The number of halogens is 2. The molecule has 3 heteroatoms. The molecule has 1 aromatic carbocycles. The molecule has 1 atom stereocenters. The van der Waals surface area contributed by atoms with Gasteiger partial charge in [-0.3, -0.25) is 0 Å². The summed E-state index contributed by atoms with van der Waals surface area (Å²) in [6.45, 7) is 3.89. The summed E-state index contributed by atoms with van der Waals surface area (Å²) < 4.78 is 1.99. The van der Waals surface area contributed by atoms with E-state index in [4.69, 9.17) is 5.11 Å². The van der Waals surface area contributed by atoms with Crippen molar-refractivity contribution in [1.82, 2.24) is 0 Å². The summed E-state index contributed by atoms with van der Waals surface area (Å²) in [6, 6.07) is 5.87. The maximum Gasteiger partial charge on any atom is 0.0499 e. The van der Waals surface area contributed by atoms with E-state index >= 15 is 0 Å². The van der Waals surface area contributed by atoms with E-state index in [1.54, 1.807) is 0 Å². The lowest BCUT2D eigenvalue weighted by atomic mass is 10.0. The minimum atomic E-state index is -0.0567. The maximum absolute atomic E-state index is 8.88. The van der Waals surface area contributed by atoms with Crippen molar-refractivity contribution >= 4 is 31.9 Å². The third-order valence-electron chi connectivity index (χ3n) is 1.58. The predicted molar refractivity (Wildman–Crippen MR) is 57.0 cm³/mol. The first-order valence-electron chi connectivity index (χ1n) is 3.53. The van der Waals surface area contributed by atoms with Gasteiger partial charge in [-0.05, 0) is 30.7 Å². The molecular weight excluding hydrogens is 284 g/mol. The minimum absolute atomic E-state index is 0.0567. The van der Waals surface area contributed by atoms with Crippen molar-refractivity contribution in [3.63, 3.8) is 0 Å². The van der Waals surface area contributed by atoms with Crippen LogP contribution < -0.4 is 0 Å². The summed E-state index contributed by atoms with van der Waals surface area (Å²) in [7, 11) is 0. The van der Waals surface area contributed by atoms with Crippen LogP contribution >= 0.6 is 31.9 Å². The monoisotopic (exact) mass is 291 g/mol. The number of aliphatic hydroxyl groups is 1. The Morgan fingerprint density at radius 2 is 1.75 bits per heavy atom. The molecule has 0 aliphatic heterocycles. The number of benzene rings is 1. The van der Waals surface area contributed by atoms with Gasteiger partial charge in [0.25, 0.3) is 0 Å². The molecule has 1 unspecified atom stereocenters. The second-order valence-corrected chi connectivity index (χ2v) is 4.41. The summed E-state index contributed by atoms with van der Waals surface area (Å²) >= 11 is 6.74. The van der Waals surface area contributed by atoms with Gasteiger partial charge in [-0.15, -0.1) is 0 Å². The summed E-state index contributed by atoms with van der Waals surface area (Å²) in [5.74, 6) is -0.0567. The number of rotatable bonds is 2. The van der Waals surface area contributed by atoms with Crippen LogP contribution in [0, 0.1) is 6.92 Å². The molecule has 65 valence electrons. The quantitative estimate of drug-likeness (QED) is 0.888. The van der Waals surface area contributed by atoms with Gasteiger partial charge >= 0.3 is 0 Å². The van der Waals surface area contributed by atoms with E-state index in [-0.39, 0.29) is 12.5 Å². The van der Waals surface area contributed by atoms with Crippen molar-refractivity contribution in [3.05, 3.63) is 39.6 Å². The molecule has 0 bridgehead atoms. The molecule has 0 spiro atoms. The second-order valence-electron chi connectivity index (χ2n) is 2.58. The molecule has 0 fully saturated rings. The summed E-state index contributed by atoms with van der Waals surface area (Å²) in [4.78, 5) is 0. The van der Waals surface area contributed by atoms with Crippen LogP contribution in [0.15, 0.2) is 27.1 Å². The molecular formula is C9H9Br2O. The third kappa shape index (κ3) is 2.57. The molecule has 0 aromatic heterocycles. The van der Waals surface area contributed by atoms with Crippen LogP contribution in [-0.2, 0) is 0 Å². The molecule has 12 heavy (non-hydrogen) atoms. The third-order valence-corrected chi connectivity index (χ3v) is 2.49. The van der Waals surface area contributed by atoms with Crippen molar-refractivity contribution in [2.24, 2.45) is 0 Å². The van der Waals surface area contributed by atoms with Gasteiger partial charge in [-0.25, -0.2) is 0 Å². The summed E-state index contributed by atoms with van der Waals surface area (Å²) in [6.07, 6.45) is 0. The zero-order valence-electron chi connectivity index (χ0n) is 6.43. The van der Waals surface area contributed by atoms with Crippen LogP contribution in [-0.4, -0.2) is 11.7 Å². The minimum Gasteiger partial charge on any atom is -0.396 e. The molecule has 0 saturated heterocycles. The Bertz CT molecular complexity index is 253. The van der Waals surface area contributed by atoms with Crippen LogP contribution in [0.1, 0.15) is 11.5 Å². The smallest absolute Gasteiger partial charge is 0.0499 e. The van der Waals surface area contributed by atoms with Gasteiger partial charge in [0.05, 0.1) is 0 Å². The van der Waals surface area contributed by atoms with E-state index in [1.165, 1.54) is 0 Å². The van der Waals surface area contributed by atoms with E-state index in [9.17, 15) is 0 Å². The van der Waals surface area contributed by atoms with Crippen molar-refractivity contribution in [2.75, 3.05) is 6.61 Å². The molecule has 1 radical (unpaired) electrons. The molecule has 1 aromatic rings. The number of aliphatic hydroxyl groups excluding tert-OH is 1. The average molecular weight is 293 g/mol. The lowest BCUT2D eigenvalue weighted by Gasteiger charge is -2.08. The highest BCUT2D eigenvalue weighted by molar-refractivity contribution is 9.11. The molecule has 0 saturated carbocycles. The lowest BCUT2D eigenvalue weighted by molar-refractivity contribution is 0.282. The zero-order valence-corrected chi connectivity index (χ0v) is 9.60. The van der Waals surface area contributed by atoms with Gasteiger partial charge < -0.3 is 5.11 Å². The van der Waals surface area contributed by atoms with E-state index < -0.39 is 0 Å². The van der Waals surface area contributed by atoms with E-state index in [0.29, 0.717) is 0 Å². The largest absolute Gasteiger partial charge is 0.396 e. The van der Waals surface area contributed by atoms with Gasteiger partial charge in [-0.2, -0.15) is 0 Å².